The number of amides is 2. The number of halogens is 3. The first-order valence-corrected chi connectivity index (χ1v) is 13.1. The first-order chi connectivity index (χ1) is 17.3. The Hall–Kier alpha value is -2.73. The van der Waals surface area contributed by atoms with Crippen LogP contribution in [0.25, 0.3) is 6.08 Å². The lowest BCUT2D eigenvalue weighted by molar-refractivity contribution is -0.118. The van der Waals surface area contributed by atoms with Gasteiger partial charge in [-0.25, -0.2) is 4.99 Å². The van der Waals surface area contributed by atoms with Gasteiger partial charge in [0.2, 0.25) is 0 Å². The molecular formula is C25H18Cl2IN3O4S. The van der Waals surface area contributed by atoms with Gasteiger partial charge in [0.1, 0.15) is 0 Å². The van der Waals surface area contributed by atoms with Crippen LogP contribution in [-0.4, -0.2) is 30.7 Å². The van der Waals surface area contributed by atoms with Crippen molar-refractivity contribution in [2.45, 2.75) is 0 Å². The molecule has 4 rings (SSSR count). The molecule has 3 aromatic rings. The molecule has 0 aliphatic carbocycles. The fraction of sp³-hybridized carbons (Fsp3) is 0.0800. The molecular weight excluding hydrogens is 636 g/mol. The SMILES string of the molecule is COc1cc(/C=C2/SC(=Nc3ccccc3)NC2=O)cc(I)c1OCC(=O)Nc1ccc(Cl)c(Cl)c1. The number of anilines is 1. The van der Waals surface area contributed by atoms with E-state index in [2.05, 4.69) is 38.2 Å². The Labute approximate surface area is 235 Å². The Kier molecular flexibility index (Phi) is 8.78. The van der Waals surface area contributed by atoms with Crippen molar-refractivity contribution in [3.8, 4) is 11.5 Å². The van der Waals surface area contributed by atoms with Gasteiger partial charge in [-0.2, -0.15) is 0 Å². The average molecular weight is 654 g/mol. The van der Waals surface area contributed by atoms with Crippen molar-refractivity contribution < 1.29 is 19.1 Å². The summed E-state index contributed by atoms with van der Waals surface area (Å²) in [6.45, 7) is -0.245. The molecule has 1 heterocycles. The predicted molar refractivity (Wildman–Crippen MR) is 154 cm³/mol. The Morgan fingerprint density at radius 3 is 2.64 bits per heavy atom. The van der Waals surface area contributed by atoms with E-state index in [0.29, 0.717) is 40.9 Å². The molecule has 0 atom stereocenters. The molecule has 0 aromatic heterocycles. The summed E-state index contributed by atoms with van der Waals surface area (Å²) in [7, 11) is 1.51. The van der Waals surface area contributed by atoms with Crippen LogP contribution < -0.4 is 20.1 Å². The van der Waals surface area contributed by atoms with E-state index in [1.54, 1.807) is 30.3 Å². The zero-order chi connectivity index (χ0) is 25.7. The maximum Gasteiger partial charge on any atom is 0.264 e. The largest absolute Gasteiger partial charge is 0.493 e. The Morgan fingerprint density at radius 1 is 1.14 bits per heavy atom. The van der Waals surface area contributed by atoms with Crippen molar-refractivity contribution in [1.29, 1.82) is 0 Å². The van der Waals surface area contributed by atoms with Crippen LogP contribution in [0.1, 0.15) is 5.56 Å². The highest BCUT2D eigenvalue weighted by molar-refractivity contribution is 14.1. The van der Waals surface area contributed by atoms with E-state index in [1.165, 1.54) is 18.9 Å². The van der Waals surface area contributed by atoms with Crippen LogP contribution in [0.5, 0.6) is 11.5 Å². The van der Waals surface area contributed by atoms with E-state index >= 15 is 0 Å². The number of benzene rings is 3. The average Bonchev–Trinajstić information content (AvgIpc) is 3.19. The van der Waals surface area contributed by atoms with Crippen molar-refractivity contribution in [3.63, 3.8) is 0 Å². The number of hydrogen-bond acceptors (Lipinski definition) is 6. The van der Waals surface area contributed by atoms with E-state index in [1.807, 2.05) is 36.4 Å². The second-order valence-electron chi connectivity index (χ2n) is 7.32. The lowest BCUT2D eigenvalue weighted by atomic mass is 10.2. The van der Waals surface area contributed by atoms with Gasteiger partial charge in [-0.05, 0) is 88.5 Å². The van der Waals surface area contributed by atoms with Crippen LogP contribution in [0.4, 0.5) is 11.4 Å². The number of aliphatic imine (C=N–C) groups is 1. The van der Waals surface area contributed by atoms with Crippen LogP contribution in [0, 0.1) is 3.57 Å². The molecule has 184 valence electrons. The van der Waals surface area contributed by atoms with Crippen LogP contribution in [0.3, 0.4) is 0 Å². The zero-order valence-electron chi connectivity index (χ0n) is 18.7. The first kappa shape index (κ1) is 26.3. The summed E-state index contributed by atoms with van der Waals surface area (Å²) >= 11 is 15.2. The summed E-state index contributed by atoms with van der Waals surface area (Å²) in [5, 5.41) is 6.72. The number of nitrogens with one attached hydrogen (secondary N) is 2. The number of ether oxygens (including phenoxy) is 2. The van der Waals surface area contributed by atoms with Gasteiger partial charge >= 0.3 is 0 Å². The van der Waals surface area contributed by atoms with Gasteiger partial charge in [0.05, 0.1) is 31.3 Å². The highest BCUT2D eigenvalue weighted by Crippen LogP contribution is 2.36. The van der Waals surface area contributed by atoms with Crippen LogP contribution in [0.15, 0.2) is 70.6 Å². The summed E-state index contributed by atoms with van der Waals surface area (Å²) in [5.41, 5.74) is 1.99. The van der Waals surface area contributed by atoms with Crippen molar-refractivity contribution in [1.82, 2.24) is 5.32 Å². The summed E-state index contributed by atoms with van der Waals surface area (Å²) < 4.78 is 11.9. The molecule has 0 radical (unpaired) electrons. The molecule has 0 spiro atoms. The number of carbonyl (C=O) groups excluding carboxylic acids is 2. The fourth-order valence-electron chi connectivity index (χ4n) is 3.12. The molecule has 36 heavy (non-hydrogen) atoms. The molecule has 7 nitrogen and oxygen atoms in total. The molecule has 2 N–H and O–H groups in total. The van der Waals surface area contributed by atoms with E-state index < -0.39 is 0 Å². The molecule has 1 aliphatic rings. The number of nitrogens with zero attached hydrogens (tertiary/aromatic N) is 1. The second kappa shape index (κ2) is 12.0. The number of hydrogen-bond donors (Lipinski definition) is 2. The second-order valence-corrected chi connectivity index (χ2v) is 10.3. The van der Waals surface area contributed by atoms with Crippen LogP contribution in [0.2, 0.25) is 10.0 Å². The minimum atomic E-state index is -0.373. The summed E-state index contributed by atoms with van der Waals surface area (Å²) in [4.78, 5) is 29.8. The smallest absolute Gasteiger partial charge is 0.264 e. The number of thioether (sulfide) groups is 1. The summed E-state index contributed by atoms with van der Waals surface area (Å²) in [6, 6.07) is 17.8. The molecule has 2 amide bonds. The van der Waals surface area contributed by atoms with Crippen molar-refractivity contribution in [2.75, 3.05) is 19.0 Å². The molecule has 1 saturated heterocycles. The third-order valence-corrected chi connectivity index (χ3v) is 7.19. The standard InChI is InChI=1S/C25H18Cl2IN3O4S/c1-34-20-10-14(11-21-24(33)31-25(36-21)30-15-5-3-2-4-6-15)9-19(28)23(20)35-13-22(32)29-16-7-8-17(26)18(27)12-16/h2-12H,13H2,1H3,(H,29,32)(H,30,31,33)/b21-11+. The molecule has 3 aromatic carbocycles. The zero-order valence-corrected chi connectivity index (χ0v) is 23.2. The third-order valence-electron chi connectivity index (χ3n) is 4.74. The lowest BCUT2D eigenvalue weighted by Gasteiger charge is -2.14. The van der Waals surface area contributed by atoms with Crippen LogP contribution >= 0.6 is 57.6 Å². The van der Waals surface area contributed by atoms with Crippen molar-refractivity contribution in [2.24, 2.45) is 4.99 Å². The van der Waals surface area contributed by atoms with E-state index in [-0.39, 0.29) is 18.4 Å². The Bertz CT molecular complexity index is 1380. The highest BCUT2D eigenvalue weighted by Gasteiger charge is 2.24. The molecule has 0 unspecified atom stereocenters. The van der Waals surface area contributed by atoms with Crippen molar-refractivity contribution >= 4 is 92.0 Å². The third kappa shape index (κ3) is 6.73. The monoisotopic (exact) mass is 653 g/mol. The molecule has 0 saturated carbocycles. The van der Waals surface area contributed by atoms with Gasteiger partial charge < -0.3 is 20.1 Å². The van der Waals surface area contributed by atoms with Gasteiger partial charge in [0.15, 0.2) is 23.3 Å². The number of carbonyl (C=O) groups is 2. The van der Waals surface area contributed by atoms with Gasteiger partial charge in [-0.15, -0.1) is 0 Å². The maximum atomic E-state index is 12.5. The number of amidine groups is 1. The number of methoxy groups -OCH3 is 1. The minimum Gasteiger partial charge on any atom is -0.493 e. The van der Waals surface area contributed by atoms with Gasteiger partial charge in [0.25, 0.3) is 11.8 Å². The molecule has 11 heteroatoms. The topological polar surface area (TPSA) is 89.0 Å². The predicted octanol–water partition coefficient (Wildman–Crippen LogP) is 6.52. The molecule has 1 fully saturated rings. The van der Waals surface area contributed by atoms with E-state index in [9.17, 15) is 9.59 Å². The van der Waals surface area contributed by atoms with Crippen molar-refractivity contribution in [3.05, 3.63) is 84.7 Å². The normalized spacial score (nSPS) is 15.2. The fourth-order valence-corrected chi connectivity index (χ4v) is 5.04. The Morgan fingerprint density at radius 2 is 1.92 bits per heavy atom. The summed E-state index contributed by atoms with van der Waals surface area (Å²) in [6.07, 6.45) is 1.75. The number of rotatable bonds is 7. The lowest BCUT2D eigenvalue weighted by Crippen LogP contribution is -2.20. The first-order valence-electron chi connectivity index (χ1n) is 10.4. The highest BCUT2D eigenvalue weighted by atomic mass is 127. The van der Waals surface area contributed by atoms with E-state index in [4.69, 9.17) is 32.7 Å². The molecule has 0 bridgehead atoms. The molecule has 1 aliphatic heterocycles. The Balaban J connectivity index is 1.46. The van der Waals surface area contributed by atoms with E-state index in [0.717, 1.165) is 11.3 Å². The minimum absolute atomic E-state index is 0.233. The van der Waals surface area contributed by atoms with Gasteiger partial charge in [-0.1, -0.05) is 41.4 Å². The van der Waals surface area contributed by atoms with Crippen LogP contribution in [-0.2, 0) is 9.59 Å². The number of para-hydroxylation sites is 1. The quantitative estimate of drug-likeness (QED) is 0.224. The maximum absolute atomic E-state index is 12.5. The summed E-state index contributed by atoms with van der Waals surface area (Å²) in [5.74, 6) is 0.238. The van der Waals surface area contributed by atoms with Gasteiger partial charge in [0, 0.05) is 5.69 Å². The van der Waals surface area contributed by atoms with Gasteiger partial charge in [-0.3, -0.25) is 9.59 Å².